The van der Waals surface area contributed by atoms with E-state index < -0.39 is 0 Å². The number of ether oxygens (including phenoxy) is 1. The van der Waals surface area contributed by atoms with E-state index in [0.717, 1.165) is 11.1 Å². The van der Waals surface area contributed by atoms with Crippen molar-refractivity contribution in [2.45, 2.75) is 0 Å². The van der Waals surface area contributed by atoms with Gasteiger partial charge in [-0.2, -0.15) is 0 Å². The average Bonchev–Trinajstić information content (AvgIpc) is 2.56. The van der Waals surface area contributed by atoms with Crippen molar-refractivity contribution in [2.24, 2.45) is 0 Å². The molecule has 0 N–H and O–H groups in total. The van der Waals surface area contributed by atoms with Gasteiger partial charge in [0.1, 0.15) is 11.5 Å². The Morgan fingerprint density at radius 1 is 1.05 bits per heavy atom. The fraction of sp³-hybridized carbons (Fsp3) is 0. The van der Waals surface area contributed by atoms with E-state index in [4.69, 9.17) is 16.6 Å². The van der Waals surface area contributed by atoms with Gasteiger partial charge < -0.3 is 4.74 Å². The molecule has 0 aliphatic carbocycles. The van der Waals surface area contributed by atoms with E-state index in [1.807, 2.05) is 60.7 Å². The molecule has 0 fully saturated rings. The molecule has 0 saturated carbocycles. The summed E-state index contributed by atoms with van der Waals surface area (Å²) in [5.41, 5.74) is 2.35. The van der Waals surface area contributed by atoms with Crippen molar-refractivity contribution in [3.05, 3.63) is 88.9 Å². The molecule has 1 aliphatic rings. The molecule has 3 rings (SSSR count). The van der Waals surface area contributed by atoms with Gasteiger partial charge in [0.05, 0.1) is 12.6 Å². The van der Waals surface area contributed by atoms with Crippen LogP contribution in [0.2, 0.25) is 0 Å². The first-order valence-corrected chi connectivity index (χ1v) is 6.39. The third-order valence-corrected chi connectivity index (χ3v) is 3.20. The molecule has 0 aromatic heterocycles. The molecule has 21 heavy (non-hydrogen) atoms. The van der Waals surface area contributed by atoms with Crippen molar-refractivity contribution in [3.63, 3.8) is 0 Å². The number of hydrogen-bond donors (Lipinski definition) is 0. The van der Waals surface area contributed by atoms with Crippen LogP contribution in [0.15, 0.2) is 66.4 Å². The smallest absolute Gasteiger partial charge is 0.269 e. The predicted octanol–water partition coefficient (Wildman–Crippen LogP) is 4.27. The van der Waals surface area contributed by atoms with Crippen molar-refractivity contribution < 1.29 is 4.74 Å². The zero-order chi connectivity index (χ0) is 14.7. The van der Waals surface area contributed by atoms with E-state index in [0.29, 0.717) is 17.1 Å². The maximum Gasteiger partial charge on any atom is 0.269 e. The molecule has 1 heterocycles. The van der Waals surface area contributed by atoms with Crippen LogP contribution in [0.4, 0.5) is 0 Å². The van der Waals surface area contributed by atoms with E-state index in [9.17, 15) is 0 Å². The molecule has 98 valence electrons. The molecule has 0 amide bonds. The summed E-state index contributed by atoms with van der Waals surface area (Å²) in [7, 11) is 0. The zero-order valence-electron chi connectivity index (χ0n) is 11.1. The lowest BCUT2D eigenvalue weighted by molar-refractivity contribution is 0.509. The summed E-state index contributed by atoms with van der Waals surface area (Å²) in [6.07, 6.45) is 1.76. The van der Waals surface area contributed by atoms with Crippen LogP contribution in [0.5, 0.6) is 5.75 Å². The monoisotopic (exact) mass is 270 g/mol. The molecule has 0 radical (unpaired) electrons. The Balaban J connectivity index is 2.23. The lowest BCUT2D eigenvalue weighted by Gasteiger charge is -2.20. The quantitative estimate of drug-likeness (QED) is 0.573. The van der Waals surface area contributed by atoms with Crippen LogP contribution >= 0.6 is 0 Å². The second kappa shape index (κ2) is 5.36. The Morgan fingerprint density at radius 3 is 2.48 bits per heavy atom. The van der Waals surface area contributed by atoms with Gasteiger partial charge >= 0.3 is 0 Å². The maximum atomic E-state index is 9.17. The number of hydrogen-bond acceptors (Lipinski definition) is 2. The summed E-state index contributed by atoms with van der Waals surface area (Å²) < 4.78 is 5.90. The van der Waals surface area contributed by atoms with Crippen molar-refractivity contribution in [1.82, 2.24) is 0 Å². The Hall–Kier alpha value is -3.30. The van der Waals surface area contributed by atoms with Crippen molar-refractivity contribution >= 4 is 11.3 Å². The minimum Gasteiger partial charge on any atom is -0.456 e. The first-order valence-electron chi connectivity index (χ1n) is 6.39. The molecule has 0 unspecified atom stereocenters. The minimum atomic E-state index is 0.0687. The van der Waals surface area contributed by atoms with E-state index in [-0.39, 0.29) is 5.70 Å². The van der Waals surface area contributed by atoms with Gasteiger partial charge in [0.25, 0.3) is 5.70 Å². The largest absolute Gasteiger partial charge is 0.456 e. The van der Waals surface area contributed by atoms with Crippen LogP contribution in [0.3, 0.4) is 0 Å². The van der Waals surface area contributed by atoms with Crippen molar-refractivity contribution in [2.75, 3.05) is 0 Å². The average molecular weight is 270 g/mol. The highest BCUT2D eigenvalue weighted by molar-refractivity contribution is 5.91. The van der Waals surface area contributed by atoms with Crippen molar-refractivity contribution in [1.29, 1.82) is 5.26 Å². The van der Waals surface area contributed by atoms with E-state index >= 15 is 0 Å². The summed E-state index contributed by atoms with van der Waals surface area (Å²) in [5.74, 6) is 1.30. The normalized spacial score (nSPS) is 14.9. The maximum absolute atomic E-state index is 9.17. The van der Waals surface area contributed by atoms with Gasteiger partial charge in [-0.3, -0.25) is 0 Å². The molecule has 0 bridgehead atoms. The Labute approximate surface area is 122 Å². The molecular formula is C18H10N2O. The lowest BCUT2D eigenvalue weighted by Crippen LogP contribution is -2.04. The van der Waals surface area contributed by atoms with Crippen LogP contribution in [0, 0.1) is 17.9 Å². The molecule has 3 heteroatoms. The van der Waals surface area contributed by atoms with Crippen LogP contribution < -0.4 is 4.74 Å². The van der Waals surface area contributed by atoms with Crippen LogP contribution in [0.25, 0.3) is 16.2 Å². The van der Waals surface area contributed by atoms with Gasteiger partial charge in [-0.05, 0) is 12.1 Å². The summed E-state index contributed by atoms with van der Waals surface area (Å²) in [4.78, 5) is 3.33. The third kappa shape index (κ3) is 2.29. The Morgan fingerprint density at radius 2 is 1.76 bits per heavy atom. The molecule has 1 aliphatic heterocycles. The van der Waals surface area contributed by atoms with Crippen molar-refractivity contribution in [3.8, 4) is 11.8 Å². The minimum absolute atomic E-state index is 0.0687. The number of nitriles is 1. The second-order valence-corrected chi connectivity index (χ2v) is 4.46. The van der Waals surface area contributed by atoms with Gasteiger partial charge in [0, 0.05) is 16.7 Å². The summed E-state index contributed by atoms with van der Waals surface area (Å²) in [6, 6.07) is 19.0. The van der Waals surface area contributed by atoms with Gasteiger partial charge in [0.15, 0.2) is 0 Å². The van der Waals surface area contributed by atoms with Crippen LogP contribution in [0.1, 0.15) is 11.1 Å². The summed E-state index contributed by atoms with van der Waals surface area (Å²) in [5, 5.41) is 9.17. The number of benzene rings is 2. The first-order chi connectivity index (χ1) is 10.3. The number of fused-ring (bicyclic) bond motifs is 1. The molecule has 2 aromatic carbocycles. The third-order valence-electron chi connectivity index (χ3n) is 3.20. The highest BCUT2D eigenvalue weighted by atomic mass is 16.5. The van der Waals surface area contributed by atoms with Crippen LogP contribution in [-0.2, 0) is 0 Å². The number of nitrogens with zero attached hydrogens (tertiary/aromatic N) is 2. The molecule has 0 spiro atoms. The van der Waals surface area contributed by atoms with E-state index in [1.165, 1.54) is 0 Å². The van der Waals surface area contributed by atoms with Gasteiger partial charge in [-0.15, -0.1) is 0 Å². The molecule has 0 saturated heterocycles. The van der Waals surface area contributed by atoms with Gasteiger partial charge in [0.2, 0.25) is 0 Å². The highest BCUT2D eigenvalue weighted by Gasteiger charge is 2.20. The highest BCUT2D eigenvalue weighted by Crippen LogP contribution is 2.38. The predicted molar refractivity (Wildman–Crippen MR) is 80.6 cm³/mol. The fourth-order valence-corrected chi connectivity index (χ4v) is 2.22. The summed E-state index contributed by atoms with van der Waals surface area (Å²) >= 11 is 0. The Bertz CT molecular complexity index is 818. The molecular weight excluding hydrogens is 260 g/mol. The fourth-order valence-electron chi connectivity index (χ4n) is 2.22. The summed E-state index contributed by atoms with van der Waals surface area (Å²) in [6.45, 7) is 7.18. The second-order valence-electron chi connectivity index (χ2n) is 4.46. The molecule has 2 aromatic rings. The lowest BCUT2D eigenvalue weighted by atomic mass is 9.98. The van der Waals surface area contributed by atoms with Crippen LogP contribution in [-0.4, -0.2) is 0 Å². The Kier molecular flexibility index (Phi) is 3.25. The topological polar surface area (TPSA) is 37.4 Å². The van der Waals surface area contributed by atoms with E-state index in [2.05, 4.69) is 4.85 Å². The number of allylic oxidation sites excluding steroid dienone is 3. The number of para-hydroxylation sites is 1. The van der Waals surface area contributed by atoms with E-state index in [1.54, 1.807) is 6.08 Å². The standard InChI is InChI=1S/C18H10N2O/c1-20-16(12-19)15-11-18(13-7-3-2-4-8-13)21-17-10-6-5-9-14(15)17/h2-11H/b16-15-. The number of rotatable bonds is 1. The zero-order valence-corrected chi connectivity index (χ0v) is 11.1. The SMILES string of the molecule is [C-]#[N+]/C(C#N)=C1/C=C(c2ccccc2)Oc2ccccc21. The van der Waals surface area contributed by atoms with Gasteiger partial charge in [-0.25, -0.2) is 10.1 Å². The first kappa shape index (κ1) is 12.7. The molecule has 0 atom stereocenters. The van der Waals surface area contributed by atoms with Gasteiger partial charge in [-0.1, -0.05) is 48.5 Å². The molecule has 3 nitrogen and oxygen atoms in total.